The predicted molar refractivity (Wildman–Crippen MR) is 66.4 cm³/mol. The maximum atomic E-state index is 12.1. The molecule has 0 aromatic carbocycles. The number of rotatable bonds is 5. The summed E-state index contributed by atoms with van der Waals surface area (Å²) in [5.41, 5.74) is 0. The minimum Gasteiger partial charge on any atom is -0.382 e. The van der Waals surface area contributed by atoms with Crippen LogP contribution >= 0.6 is 0 Å². The first-order valence-electron chi connectivity index (χ1n) is 6.58. The molecule has 0 heterocycles. The van der Waals surface area contributed by atoms with Crippen molar-refractivity contribution < 1.29 is 9.53 Å². The van der Waals surface area contributed by atoms with Gasteiger partial charge in [-0.05, 0) is 44.4 Å². The number of carbonyl (C=O) groups is 1. The Labute approximate surface area is 99.8 Å². The summed E-state index contributed by atoms with van der Waals surface area (Å²) in [6.07, 6.45) is 5.27. The van der Waals surface area contributed by atoms with Gasteiger partial charge in [-0.2, -0.15) is 0 Å². The fraction of sp³-hybridized carbons (Fsp3) is 0.929. The van der Waals surface area contributed by atoms with Crippen LogP contribution in [0, 0.1) is 17.8 Å². The van der Waals surface area contributed by atoms with Gasteiger partial charge >= 0.3 is 0 Å². The fourth-order valence-corrected chi connectivity index (χ4v) is 2.88. The third-order valence-electron chi connectivity index (χ3n) is 3.83. The van der Waals surface area contributed by atoms with E-state index in [2.05, 4.69) is 13.8 Å². The zero-order valence-electron chi connectivity index (χ0n) is 11.2. The number of methoxy groups -OCH3 is 1. The van der Waals surface area contributed by atoms with Crippen LogP contribution in [0.15, 0.2) is 0 Å². The van der Waals surface area contributed by atoms with Crippen LogP contribution in [0.1, 0.15) is 52.9 Å². The van der Waals surface area contributed by atoms with Gasteiger partial charge in [0.05, 0.1) is 6.10 Å². The zero-order valence-corrected chi connectivity index (χ0v) is 11.2. The fourth-order valence-electron chi connectivity index (χ4n) is 2.88. The summed E-state index contributed by atoms with van der Waals surface area (Å²) < 4.78 is 5.18. The molecule has 1 saturated carbocycles. The van der Waals surface area contributed by atoms with Crippen LogP contribution in [0.3, 0.4) is 0 Å². The molecule has 0 aromatic rings. The van der Waals surface area contributed by atoms with Crippen LogP contribution in [0.5, 0.6) is 0 Å². The summed E-state index contributed by atoms with van der Waals surface area (Å²) in [5.74, 6) is 2.22. The summed E-state index contributed by atoms with van der Waals surface area (Å²) >= 11 is 0. The van der Waals surface area contributed by atoms with Crippen molar-refractivity contribution in [1.82, 2.24) is 0 Å². The molecule has 0 saturated heterocycles. The number of ketones is 1. The Morgan fingerprint density at radius 3 is 2.31 bits per heavy atom. The lowest BCUT2D eigenvalue weighted by Gasteiger charge is -2.30. The Morgan fingerprint density at radius 2 is 1.81 bits per heavy atom. The molecule has 1 rings (SSSR count). The minimum absolute atomic E-state index is 0.211. The molecule has 0 spiro atoms. The van der Waals surface area contributed by atoms with Crippen molar-refractivity contribution in [3.63, 3.8) is 0 Å². The normalized spacial score (nSPS) is 32.4. The quantitative estimate of drug-likeness (QED) is 0.717. The van der Waals surface area contributed by atoms with Crippen molar-refractivity contribution in [3.8, 4) is 0 Å². The Kier molecular flexibility index (Phi) is 5.47. The van der Waals surface area contributed by atoms with E-state index < -0.39 is 0 Å². The number of hydrogen-bond donors (Lipinski definition) is 0. The molecule has 16 heavy (non-hydrogen) atoms. The number of hydrogen-bond acceptors (Lipinski definition) is 2. The Morgan fingerprint density at radius 1 is 1.25 bits per heavy atom. The van der Waals surface area contributed by atoms with E-state index in [0.29, 0.717) is 18.1 Å². The summed E-state index contributed by atoms with van der Waals surface area (Å²) in [6.45, 7) is 6.57. The lowest BCUT2D eigenvalue weighted by molar-refractivity contribution is -0.125. The van der Waals surface area contributed by atoms with Gasteiger partial charge in [0, 0.05) is 19.4 Å². The van der Waals surface area contributed by atoms with Crippen LogP contribution in [-0.4, -0.2) is 19.0 Å². The molecule has 0 N–H and O–H groups in total. The highest BCUT2D eigenvalue weighted by Gasteiger charge is 2.28. The second kappa shape index (κ2) is 6.39. The summed E-state index contributed by atoms with van der Waals surface area (Å²) in [6, 6.07) is 0. The van der Waals surface area contributed by atoms with Gasteiger partial charge in [-0.3, -0.25) is 4.79 Å². The molecule has 0 amide bonds. The SMILES string of the molecule is COC(C)CCC(=O)C1CC(C)CC(C)C1. The van der Waals surface area contributed by atoms with Gasteiger partial charge in [0.2, 0.25) is 0 Å². The minimum atomic E-state index is 0.211. The molecule has 0 aromatic heterocycles. The predicted octanol–water partition coefficient (Wildman–Crippen LogP) is 3.44. The Hall–Kier alpha value is -0.370. The molecule has 94 valence electrons. The molecule has 2 nitrogen and oxygen atoms in total. The van der Waals surface area contributed by atoms with Crippen LogP contribution in [0.2, 0.25) is 0 Å². The molecular weight excluding hydrogens is 200 g/mol. The van der Waals surface area contributed by atoms with Crippen molar-refractivity contribution >= 4 is 5.78 Å². The number of Topliss-reactive ketones (excluding diaryl/α,β-unsaturated/α-hetero) is 1. The second-order valence-electron chi connectivity index (χ2n) is 5.67. The van der Waals surface area contributed by atoms with E-state index in [-0.39, 0.29) is 6.10 Å². The zero-order chi connectivity index (χ0) is 12.1. The highest BCUT2D eigenvalue weighted by Crippen LogP contribution is 2.34. The summed E-state index contributed by atoms with van der Waals surface area (Å²) in [5, 5.41) is 0. The van der Waals surface area contributed by atoms with Gasteiger partial charge in [0.1, 0.15) is 5.78 Å². The molecule has 3 atom stereocenters. The van der Waals surface area contributed by atoms with Crippen LogP contribution in [0.25, 0.3) is 0 Å². The standard InChI is InChI=1S/C14H26O2/c1-10-7-11(2)9-13(8-10)14(15)6-5-12(3)16-4/h10-13H,5-9H2,1-4H3. The molecule has 0 radical (unpaired) electrons. The molecule has 3 unspecified atom stereocenters. The van der Waals surface area contributed by atoms with Crippen LogP contribution in [0.4, 0.5) is 0 Å². The lowest BCUT2D eigenvalue weighted by atomic mass is 9.74. The van der Waals surface area contributed by atoms with Crippen molar-refractivity contribution in [3.05, 3.63) is 0 Å². The molecule has 1 aliphatic rings. The van der Waals surface area contributed by atoms with Gasteiger partial charge in [-0.15, -0.1) is 0 Å². The van der Waals surface area contributed by atoms with Gasteiger partial charge < -0.3 is 4.74 Å². The highest BCUT2D eigenvalue weighted by molar-refractivity contribution is 5.81. The van der Waals surface area contributed by atoms with E-state index in [0.717, 1.165) is 31.1 Å². The Bertz CT molecular complexity index is 215. The largest absolute Gasteiger partial charge is 0.382 e. The monoisotopic (exact) mass is 226 g/mol. The smallest absolute Gasteiger partial charge is 0.136 e. The van der Waals surface area contributed by atoms with Crippen molar-refractivity contribution in [2.24, 2.45) is 17.8 Å². The van der Waals surface area contributed by atoms with Crippen molar-refractivity contribution in [2.45, 2.75) is 59.0 Å². The maximum Gasteiger partial charge on any atom is 0.136 e. The first-order valence-corrected chi connectivity index (χ1v) is 6.58. The summed E-state index contributed by atoms with van der Waals surface area (Å²) in [4.78, 5) is 12.1. The molecule has 1 aliphatic carbocycles. The Balaban J connectivity index is 2.35. The summed E-state index contributed by atoms with van der Waals surface area (Å²) in [7, 11) is 1.71. The second-order valence-corrected chi connectivity index (χ2v) is 5.67. The first-order chi connectivity index (χ1) is 7.52. The van der Waals surface area contributed by atoms with Crippen molar-refractivity contribution in [1.29, 1.82) is 0 Å². The maximum absolute atomic E-state index is 12.1. The van der Waals surface area contributed by atoms with E-state index in [1.165, 1.54) is 6.42 Å². The topological polar surface area (TPSA) is 26.3 Å². The van der Waals surface area contributed by atoms with Gasteiger partial charge in [0.15, 0.2) is 0 Å². The lowest BCUT2D eigenvalue weighted by Crippen LogP contribution is -2.26. The molecular formula is C14H26O2. The average molecular weight is 226 g/mol. The molecule has 2 heteroatoms. The van der Waals surface area contributed by atoms with E-state index in [4.69, 9.17) is 4.74 Å². The van der Waals surface area contributed by atoms with Gasteiger partial charge in [0.25, 0.3) is 0 Å². The third-order valence-corrected chi connectivity index (χ3v) is 3.83. The third kappa shape index (κ3) is 4.25. The van der Waals surface area contributed by atoms with E-state index in [1.807, 2.05) is 6.92 Å². The average Bonchev–Trinajstić information content (AvgIpc) is 2.23. The van der Waals surface area contributed by atoms with Crippen LogP contribution in [-0.2, 0) is 9.53 Å². The highest BCUT2D eigenvalue weighted by atomic mass is 16.5. The van der Waals surface area contributed by atoms with Gasteiger partial charge in [-0.25, -0.2) is 0 Å². The van der Waals surface area contributed by atoms with Crippen LogP contribution < -0.4 is 0 Å². The van der Waals surface area contributed by atoms with E-state index in [1.54, 1.807) is 7.11 Å². The molecule has 0 aliphatic heterocycles. The van der Waals surface area contributed by atoms with Crippen molar-refractivity contribution in [2.75, 3.05) is 7.11 Å². The van der Waals surface area contributed by atoms with E-state index >= 15 is 0 Å². The number of carbonyl (C=O) groups excluding carboxylic acids is 1. The first kappa shape index (κ1) is 13.7. The van der Waals surface area contributed by atoms with Gasteiger partial charge in [-0.1, -0.05) is 13.8 Å². The van der Waals surface area contributed by atoms with E-state index in [9.17, 15) is 4.79 Å². The molecule has 0 bridgehead atoms. The number of ether oxygens (including phenoxy) is 1. The molecule has 1 fully saturated rings.